The van der Waals surface area contributed by atoms with Gasteiger partial charge in [0.05, 0.1) is 11.5 Å². The molecule has 0 aliphatic heterocycles. The lowest BCUT2D eigenvalue weighted by Gasteiger charge is -2.02. The summed E-state index contributed by atoms with van der Waals surface area (Å²) in [7, 11) is 0. The van der Waals surface area contributed by atoms with Crippen molar-refractivity contribution in [3.63, 3.8) is 0 Å². The van der Waals surface area contributed by atoms with E-state index in [4.69, 9.17) is 0 Å². The summed E-state index contributed by atoms with van der Waals surface area (Å²) in [6.07, 6.45) is -1.47. The molecule has 0 amide bonds. The Balaban J connectivity index is 2.60. The number of hydrogen-bond acceptors (Lipinski definition) is 4. The maximum atomic E-state index is 11.7. The molecule has 5 nitrogen and oxygen atoms in total. The monoisotopic (exact) mass is 203 g/mol. The quantitative estimate of drug-likeness (QED) is 0.596. The summed E-state index contributed by atoms with van der Waals surface area (Å²) in [5.41, 5.74) is -0.174. The third-order valence-corrected chi connectivity index (χ3v) is 1.40. The van der Waals surface area contributed by atoms with Gasteiger partial charge in [0.1, 0.15) is 12.0 Å². The molecule has 1 aromatic heterocycles. The second-order valence-corrected chi connectivity index (χ2v) is 2.43. The van der Waals surface area contributed by atoms with E-state index in [2.05, 4.69) is 10.3 Å². The first-order valence-electron chi connectivity index (χ1n) is 3.72. The van der Waals surface area contributed by atoms with Crippen LogP contribution in [0.3, 0.4) is 0 Å². The molecule has 0 saturated carbocycles. The number of halogens is 2. The molecule has 76 valence electrons. The van der Waals surface area contributed by atoms with Gasteiger partial charge in [-0.3, -0.25) is 10.1 Å². The number of alkyl halides is 2. The van der Waals surface area contributed by atoms with E-state index in [0.29, 0.717) is 0 Å². The van der Waals surface area contributed by atoms with Crippen molar-refractivity contribution < 1.29 is 13.7 Å². The number of rotatable bonds is 4. The topological polar surface area (TPSA) is 68.1 Å². The Morgan fingerprint density at radius 2 is 2.29 bits per heavy atom. The lowest BCUT2D eigenvalue weighted by molar-refractivity contribution is -0.385. The van der Waals surface area contributed by atoms with E-state index in [1.807, 2.05) is 0 Å². The highest BCUT2D eigenvalue weighted by atomic mass is 19.3. The summed E-state index contributed by atoms with van der Waals surface area (Å²) < 4.78 is 23.5. The smallest absolute Gasteiger partial charge is 0.287 e. The maximum Gasteiger partial charge on any atom is 0.287 e. The van der Waals surface area contributed by atoms with Crippen LogP contribution in [0.2, 0.25) is 0 Å². The Morgan fingerprint density at radius 1 is 1.57 bits per heavy atom. The highest BCUT2D eigenvalue weighted by molar-refractivity contribution is 5.39. The van der Waals surface area contributed by atoms with Crippen LogP contribution in [0.25, 0.3) is 0 Å². The van der Waals surface area contributed by atoms with Gasteiger partial charge >= 0.3 is 0 Å². The molecule has 7 heteroatoms. The molecule has 0 aliphatic carbocycles. The molecule has 0 bridgehead atoms. The average molecular weight is 203 g/mol. The Kier molecular flexibility index (Phi) is 3.27. The largest absolute Gasteiger partial charge is 0.364 e. The minimum absolute atomic E-state index is 0.174. The van der Waals surface area contributed by atoms with Gasteiger partial charge in [-0.25, -0.2) is 13.8 Å². The van der Waals surface area contributed by atoms with Crippen molar-refractivity contribution in [1.82, 2.24) is 4.98 Å². The summed E-state index contributed by atoms with van der Waals surface area (Å²) >= 11 is 0. The lowest BCUT2D eigenvalue weighted by atomic mass is 10.4. The zero-order valence-corrected chi connectivity index (χ0v) is 6.98. The summed E-state index contributed by atoms with van der Waals surface area (Å²) in [6.45, 7) is -0.523. The molecule has 0 saturated heterocycles. The Bertz CT molecular complexity index is 315. The third-order valence-electron chi connectivity index (χ3n) is 1.40. The standard InChI is InChI=1S/C7H7F2N3O2/c8-6(9)4-11-7-2-1-5(3-10-7)12(13)14/h1-3,6H,4H2,(H,10,11). The minimum atomic E-state index is -2.48. The molecule has 1 aromatic rings. The summed E-state index contributed by atoms with van der Waals surface area (Å²) in [6, 6.07) is 2.47. The van der Waals surface area contributed by atoms with Gasteiger partial charge in [-0.05, 0) is 6.07 Å². The van der Waals surface area contributed by atoms with Crippen LogP contribution in [0.1, 0.15) is 0 Å². The van der Waals surface area contributed by atoms with Gasteiger partial charge in [0, 0.05) is 6.07 Å². The van der Waals surface area contributed by atoms with Gasteiger partial charge in [-0.15, -0.1) is 0 Å². The predicted octanol–water partition coefficient (Wildman–Crippen LogP) is 1.67. The zero-order valence-electron chi connectivity index (χ0n) is 6.98. The molecule has 0 atom stereocenters. The highest BCUT2D eigenvalue weighted by Crippen LogP contribution is 2.11. The Hall–Kier alpha value is -1.79. The molecule has 0 unspecified atom stereocenters. The number of hydrogen-bond donors (Lipinski definition) is 1. The molecule has 1 heterocycles. The second kappa shape index (κ2) is 4.45. The number of nitrogens with one attached hydrogen (secondary N) is 1. The molecule has 1 N–H and O–H groups in total. The molecule has 0 aliphatic rings. The summed E-state index contributed by atoms with van der Waals surface area (Å²) in [5, 5.41) is 12.5. The van der Waals surface area contributed by atoms with Gasteiger partial charge in [0.15, 0.2) is 0 Å². The van der Waals surface area contributed by atoms with Crippen LogP contribution < -0.4 is 5.32 Å². The highest BCUT2D eigenvalue weighted by Gasteiger charge is 2.06. The fourth-order valence-corrected chi connectivity index (χ4v) is 0.780. The van der Waals surface area contributed by atoms with Crippen LogP contribution in [-0.2, 0) is 0 Å². The van der Waals surface area contributed by atoms with Crippen molar-refractivity contribution in [1.29, 1.82) is 0 Å². The molecule has 0 radical (unpaired) electrons. The van der Waals surface area contributed by atoms with E-state index in [1.54, 1.807) is 0 Å². The number of nitrogens with zero attached hydrogens (tertiary/aromatic N) is 2. The van der Waals surface area contributed by atoms with Crippen molar-refractivity contribution in [2.24, 2.45) is 0 Å². The third kappa shape index (κ3) is 2.92. The van der Waals surface area contributed by atoms with E-state index in [0.717, 1.165) is 6.20 Å². The average Bonchev–Trinajstić information content (AvgIpc) is 2.15. The first-order chi connectivity index (χ1) is 6.59. The summed E-state index contributed by atoms with van der Waals surface area (Å²) in [4.78, 5) is 13.2. The first kappa shape index (κ1) is 10.3. The molecular formula is C7H7F2N3O2. The van der Waals surface area contributed by atoms with Crippen LogP contribution in [0.15, 0.2) is 18.3 Å². The number of pyridine rings is 1. The van der Waals surface area contributed by atoms with E-state index in [-0.39, 0.29) is 11.5 Å². The van der Waals surface area contributed by atoms with Crippen molar-refractivity contribution in [3.8, 4) is 0 Å². The SMILES string of the molecule is O=[N+]([O-])c1ccc(NCC(F)F)nc1. The van der Waals surface area contributed by atoms with Crippen molar-refractivity contribution >= 4 is 11.5 Å². The lowest BCUT2D eigenvalue weighted by Crippen LogP contribution is -2.11. The van der Waals surface area contributed by atoms with Crippen LogP contribution in [0, 0.1) is 10.1 Å². The number of aromatic nitrogens is 1. The minimum Gasteiger partial charge on any atom is -0.364 e. The van der Waals surface area contributed by atoms with Gasteiger partial charge in [-0.1, -0.05) is 0 Å². The molecule has 0 aromatic carbocycles. The first-order valence-corrected chi connectivity index (χ1v) is 3.72. The van der Waals surface area contributed by atoms with E-state index >= 15 is 0 Å². The van der Waals surface area contributed by atoms with E-state index < -0.39 is 17.9 Å². The van der Waals surface area contributed by atoms with Gasteiger partial charge in [0.2, 0.25) is 0 Å². The second-order valence-electron chi connectivity index (χ2n) is 2.43. The van der Waals surface area contributed by atoms with Crippen LogP contribution in [0.4, 0.5) is 20.3 Å². The maximum absolute atomic E-state index is 11.7. The predicted molar refractivity (Wildman–Crippen MR) is 45.4 cm³/mol. The van der Waals surface area contributed by atoms with Crippen molar-refractivity contribution in [2.45, 2.75) is 6.43 Å². The number of anilines is 1. The normalized spacial score (nSPS) is 10.2. The van der Waals surface area contributed by atoms with Gasteiger partial charge < -0.3 is 5.32 Å². The molecular weight excluding hydrogens is 196 g/mol. The van der Waals surface area contributed by atoms with Crippen molar-refractivity contribution in [3.05, 3.63) is 28.4 Å². The molecule has 14 heavy (non-hydrogen) atoms. The zero-order chi connectivity index (χ0) is 10.6. The van der Waals surface area contributed by atoms with Gasteiger partial charge in [0.25, 0.3) is 12.1 Å². The fourth-order valence-electron chi connectivity index (χ4n) is 0.780. The van der Waals surface area contributed by atoms with Crippen LogP contribution in [-0.4, -0.2) is 22.9 Å². The number of nitro groups is 1. The summed E-state index contributed by atoms with van der Waals surface area (Å²) in [5.74, 6) is 0.191. The fraction of sp³-hybridized carbons (Fsp3) is 0.286. The van der Waals surface area contributed by atoms with E-state index in [1.165, 1.54) is 12.1 Å². The molecule has 0 spiro atoms. The van der Waals surface area contributed by atoms with Crippen molar-refractivity contribution in [2.75, 3.05) is 11.9 Å². The van der Waals surface area contributed by atoms with Crippen LogP contribution in [0.5, 0.6) is 0 Å². The Labute approximate surface area is 77.9 Å². The van der Waals surface area contributed by atoms with Gasteiger partial charge in [-0.2, -0.15) is 0 Å². The molecule has 0 fully saturated rings. The Morgan fingerprint density at radius 3 is 2.71 bits per heavy atom. The molecule has 1 rings (SSSR count). The van der Waals surface area contributed by atoms with Crippen LogP contribution >= 0.6 is 0 Å². The van der Waals surface area contributed by atoms with E-state index in [9.17, 15) is 18.9 Å².